The summed E-state index contributed by atoms with van der Waals surface area (Å²) >= 11 is 5.89. The predicted octanol–water partition coefficient (Wildman–Crippen LogP) is 2.37. The minimum Gasteiger partial charge on any atom is -0.504 e. The van der Waals surface area contributed by atoms with E-state index in [0.29, 0.717) is 16.3 Å². The largest absolute Gasteiger partial charge is 0.504 e. The Morgan fingerprint density at radius 1 is 1.50 bits per heavy atom. The fraction of sp³-hybridized carbons (Fsp3) is 0.167. The van der Waals surface area contributed by atoms with Gasteiger partial charge in [-0.15, -0.1) is 0 Å². The number of carbonyl (C=O) groups excluding carboxylic acids is 1. The minimum absolute atomic E-state index is 0.0955. The number of hydrogen-bond donors (Lipinski definition) is 1. The molecule has 2 rings (SSSR count). The highest BCUT2D eigenvalue weighted by Crippen LogP contribution is 2.35. The first-order chi connectivity index (χ1) is 8.52. The summed E-state index contributed by atoms with van der Waals surface area (Å²) in [7, 11) is 1.42. The number of nitrogens with zero attached hydrogens (tertiary/aromatic N) is 1. The molecule has 0 amide bonds. The van der Waals surface area contributed by atoms with Crippen molar-refractivity contribution in [3.8, 4) is 11.5 Å². The first kappa shape index (κ1) is 12.4. The average Bonchev–Trinajstić information content (AvgIpc) is 2.65. The minimum atomic E-state index is -0.564. The second kappa shape index (κ2) is 4.70. The molecule has 1 aliphatic heterocycles. The van der Waals surface area contributed by atoms with Gasteiger partial charge < -0.3 is 14.7 Å². The molecule has 1 aromatic carbocycles. The van der Waals surface area contributed by atoms with Crippen molar-refractivity contribution in [2.45, 2.75) is 6.92 Å². The van der Waals surface area contributed by atoms with E-state index in [9.17, 15) is 9.90 Å². The van der Waals surface area contributed by atoms with Gasteiger partial charge in [0.05, 0.1) is 18.4 Å². The fourth-order valence-electron chi connectivity index (χ4n) is 1.53. The zero-order chi connectivity index (χ0) is 13.3. The summed E-state index contributed by atoms with van der Waals surface area (Å²) in [4.78, 5) is 15.9. The number of phenols is 1. The van der Waals surface area contributed by atoms with Crippen LogP contribution < -0.4 is 4.74 Å². The van der Waals surface area contributed by atoms with Crippen LogP contribution in [0.3, 0.4) is 0 Å². The van der Waals surface area contributed by atoms with Crippen LogP contribution in [-0.4, -0.2) is 23.9 Å². The quantitative estimate of drug-likeness (QED) is 0.660. The first-order valence-corrected chi connectivity index (χ1v) is 5.45. The number of methoxy groups -OCH3 is 1. The van der Waals surface area contributed by atoms with Gasteiger partial charge in [0.1, 0.15) is 0 Å². The molecule has 0 saturated heterocycles. The van der Waals surface area contributed by atoms with E-state index in [-0.39, 0.29) is 17.1 Å². The third kappa shape index (κ3) is 2.17. The number of halogens is 1. The molecule has 0 atom stereocenters. The Balaban J connectivity index is 2.52. The van der Waals surface area contributed by atoms with E-state index in [0.717, 1.165) is 0 Å². The van der Waals surface area contributed by atoms with Gasteiger partial charge in [-0.2, -0.15) is 0 Å². The molecule has 0 fully saturated rings. The second-order valence-corrected chi connectivity index (χ2v) is 4.10. The Labute approximate surface area is 108 Å². The SMILES string of the molecule is COc1cc(Cl)cc(/C=C2\C(=O)ON=C2C)c1O. The molecule has 1 heterocycles. The standard InChI is InChI=1S/C12H10ClNO4/c1-6-9(12(16)18-14-6)4-7-3-8(13)5-10(17-2)11(7)15/h3-5,15H,1-2H3/b9-4-. The number of benzene rings is 1. The van der Waals surface area contributed by atoms with Crippen LogP contribution in [0.5, 0.6) is 11.5 Å². The smallest absolute Gasteiger partial charge is 0.367 e. The molecular weight excluding hydrogens is 258 g/mol. The summed E-state index contributed by atoms with van der Waals surface area (Å²) in [5, 5.41) is 13.9. The summed E-state index contributed by atoms with van der Waals surface area (Å²) in [6.07, 6.45) is 1.46. The number of hydrogen-bond acceptors (Lipinski definition) is 5. The highest BCUT2D eigenvalue weighted by atomic mass is 35.5. The maximum atomic E-state index is 11.4. The number of phenolic OH excluding ortho intramolecular Hbond substituents is 1. The van der Waals surface area contributed by atoms with Crippen molar-refractivity contribution in [3.63, 3.8) is 0 Å². The van der Waals surface area contributed by atoms with Crippen LogP contribution in [0.15, 0.2) is 22.9 Å². The predicted molar refractivity (Wildman–Crippen MR) is 66.8 cm³/mol. The van der Waals surface area contributed by atoms with Crippen LogP contribution >= 0.6 is 11.6 Å². The Kier molecular flexibility index (Phi) is 3.25. The monoisotopic (exact) mass is 267 g/mol. The molecule has 1 aliphatic rings. The van der Waals surface area contributed by atoms with Crippen molar-refractivity contribution in [1.82, 2.24) is 0 Å². The molecule has 0 radical (unpaired) electrons. The molecule has 1 N–H and O–H groups in total. The van der Waals surface area contributed by atoms with Crippen LogP contribution in [0.4, 0.5) is 0 Å². The summed E-state index contributed by atoms with van der Waals surface area (Å²) in [5.41, 5.74) is 1.08. The van der Waals surface area contributed by atoms with E-state index in [2.05, 4.69) is 9.99 Å². The van der Waals surface area contributed by atoms with Gasteiger partial charge in [-0.3, -0.25) is 0 Å². The lowest BCUT2D eigenvalue weighted by Crippen LogP contribution is -2.01. The van der Waals surface area contributed by atoms with Crippen molar-refractivity contribution in [2.75, 3.05) is 7.11 Å². The van der Waals surface area contributed by atoms with E-state index >= 15 is 0 Å². The Morgan fingerprint density at radius 3 is 2.78 bits per heavy atom. The molecule has 0 bridgehead atoms. The summed E-state index contributed by atoms with van der Waals surface area (Å²) < 4.78 is 4.97. The third-order valence-corrected chi connectivity index (χ3v) is 2.68. The lowest BCUT2D eigenvalue weighted by atomic mass is 10.1. The van der Waals surface area contributed by atoms with Crippen LogP contribution in [0.2, 0.25) is 5.02 Å². The van der Waals surface area contributed by atoms with Crippen LogP contribution in [-0.2, 0) is 9.63 Å². The second-order valence-electron chi connectivity index (χ2n) is 3.66. The first-order valence-electron chi connectivity index (χ1n) is 5.07. The van der Waals surface area contributed by atoms with E-state index in [4.69, 9.17) is 16.3 Å². The normalized spacial score (nSPS) is 16.7. The van der Waals surface area contributed by atoms with Gasteiger partial charge >= 0.3 is 5.97 Å². The Bertz CT molecular complexity index is 578. The van der Waals surface area contributed by atoms with Crippen molar-refractivity contribution >= 4 is 29.4 Å². The molecule has 0 unspecified atom stereocenters. The lowest BCUT2D eigenvalue weighted by molar-refractivity contribution is -0.136. The van der Waals surface area contributed by atoms with Gasteiger partial charge in [-0.1, -0.05) is 16.8 Å². The molecule has 18 heavy (non-hydrogen) atoms. The molecule has 0 saturated carbocycles. The average molecular weight is 268 g/mol. The van der Waals surface area contributed by atoms with Crippen LogP contribution in [0, 0.1) is 0 Å². The number of ether oxygens (including phenoxy) is 1. The number of carbonyl (C=O) groups is 1. The van der Waals surface area contributed by atoms with Crippen LogP contribution in [0.1, 0.15) is 12.5 Å². The van der Waals surface area contributed by atoms with Crippen molar-refractivity contribution in [1.29, 1.82) is 0 Å². The zero-order valence-corrected chi connectivity index (χ0v) is 10.5. The van der Waals surface area contributed by atoms with Crippen molar-refractivity contribution < 1.29 is 19.5 Å². The van der Waals surface area contributed by atoms with Gasteiger partial charge in [-0.05, 0) is 19.1 Å². The molecule has 1 aromatic rings. The van der Waals surface area contributed by atoms with E-state index in [1.165, 1.54) is 25.3 Å². The number of oxime groups is 1. The molecule has 94 valence electrons. The molecule has 6 heteroatoms. The summed E-state index contributed by atoms with van der Waals surface area (Å²) in [6.45, 7) is 1.63. The molecule has 0 aromatic heterocycles. The maximum Gasteiger partial charge on any atom is 0.367 e. The topological polar surface area (TPSA) is 68.1 Å². The molecule has 0 aliphatic carbocycles. The van der Waals surface area contributed by atoms with Gasteiger partial charge in [0.2, 0.25) is 0 Å². The van der Waals surface area contributed by atoms with E-state index in [1.807, 2.05) is 0 Å². The van der Waals surface area contributed by atoms with E-state index in [1.54, 1.807) is 6.92 Å². The van der Waals surface area contributed by atoms with E-state index < -0.39 is 5.97 Å². The number of aromatic hydroxyl groups is 1. The lowest BCUT2D eigenvalue weighted by Gasteiger charge is -2.07. The number of rotatable bonds is 2. The highest BCUT2D eigenvalue weighted by molar-refractivity contribution is 6.31. The van der Waals surface area contributed by atoms with Gasteiger partial charge in [-0.25, -0.2) is 4.79 Å². The maximum absolute atomic E-state index is 11.4. The van der Waals surface area contributed by atoms with Crippen molar-refractivity contribution in [2.24, 2.45) is 5.16 Å². The summed E-state index contributed by atoms with van der Waals surface area (Å²) in [6, 6.07) is 3.00. The van der Waals surface area contributed by atoms with Gasteiger partial charge in [0.15, 0.2) is 11.5 Å². The zero-order valence-electron chi connectivity index (χ0n) is 9.73. The fourth-order valence-corrected chi connectivity index (χ4v) is 1.75. The molecular formula is C12H10ClNO4. The van der Waals surface area contributed by atoms with Crippen molar-refractivity contribution in [3.05, 3.63) is 28.3 Å². The Morgan fingerprint density at radius 2 is 2.22 bits per heavy atom. The highest BCUT2D eigenvalue weighted by Gasteiger charge is 2.22. The molecule has 0 spiro atoms. The Hall–Kier alpha value is -2.01. The van der Waals surface area contributed by atoms with Crippen LogP contribution in [0.25, 0.3) is 6.08 Å². The summed E-state index contributed by atoms with van der Waals surface area (Å²) in [5.74, 6) is -0.428. The molecule has 5 nitrogen and oxygen atoms in total. The van der Waals surface area contributed by atoms with Gasteiger partial charge in [0, 0.05) is 16.7 Å². The van der Waals surface area contributed by atoms with Gasteiger partial charge in [0.25, 0.3) is 0 Å². The third-order valence-electron chi connectivity index (χ3n) is 2.46.